The van der Waals surface area contributed by atoms with Crippen LogP contribution in [0.15, 0.2) is 12.3 Å². The average molecular weight is 301 g/mol. The van der Waals surface area contributed by atoms with Gasteiger partial charge in [-0.3, -0.25) is 4.79 Å². The van der Waals surface area contributed by atoms with Crippen LogP contribution in [0.5, 0.6) is 0 Å². The Bertz CT molecular complexity index is 505. The van der Waals surface area contributed by atoms with Gasteiger partial charge in [-0.15, -0.1) is 0 Å². The summed E-state index contributed by atoms with van der Waals surface area (Å²) < 4.78 is 1.73. The van der Waals surface area contributed by atoms with Crippen molar-refractivity contribution in [1.82, 2.24) is 9.88 Å². The largest absolute Gasteiger partial charge is 0.480 e. The van der Waals surface area contributed by atoms with Gasteiger partial charge in [0.2, 0.25) is 0 Å². The maximum Gasteiger partial charge on any atom is 0.329 e. The molecular weight excluding hydrogens is 280 g/mol. The van der Waals surface area contributed by atoms with E-state index in [9.17, 15) is 14.7 Å². The Hall–Kier alpha value is -1.49. The molecule has 0 spiro atoms. The van der Waals surface area contributed by atoms with Crippen LogP contribution in [-0.2, 0) is 4.79 Å². The van der Waals surface area contributed by atoms with Crippen LogP contribution in [0, 0.1) is 0 Å². The van der Waals surface area contributed by atoms with Crippen molar-refractivity contribution < 1.29 is 14.7 Å². The molecule has 112 valence electrons. The van der Waals surface area contributed by atoms with Crippen LogP contribution in [0.1, 0.15) is 57.1 Å². The van der Waals surface area contributed by atoms with Gasteiger partial charge in [-0.05, 0) is 32.8 Å². The molecule has 20 heavy (non-hydrogen) atoms. The number of nitrogens with zero attached hydrogens (tertiary/aromatic N) is 1. The van der Waals surface area contributed by atoms with Gasteiger partial charge in [0, 0.05) is 12.2 Å². The highest BCUT2D eigenvalue weighted by Gasteiger charge is 2.37. The highest BCUT2D eigenvalue weighted by atomic mass is 35.5. The van der Waals surface area contributed by atoms with Gasteiger partial charge in [0.05, 0.1) is 5.02 Å². The molecule has 0 aromatic carbocycles. The summed E-state index contributed by atoms with van der Waals surface area (Å²) in [5.41, 5.74) is -0.868. The SMILES string of the molecule is CCC(CC)(NC(=O)c1cc(Cl)cn1C(C)C)C(=O)O. The fraction of sp³-hybridized carbons (Fsp3) is 0.571. The molecule has 0 atom stereocenters. The molecular formula is C14H21ClN2O3. The molecule has 0 bridgehead atoms. The fourth-order valence-corrected chi connectivity index (χ4v) is 2.33. The van der Waals surface area contributed by atoms with E-state index < -0.39 is 17.4 Å². The van der Waals surface area contributed by atoms with Crippen molar-refractivity contribution in [2.24, 2.45) is 0 Å². The summed E-state index contributed by atoms with van der Waals surface area (Å²) in [7, 11) is 0. The second-order valence-corrected chi connectivity index (χ2v) is 5.53. The summed E-state index contributed by atoms with van der Waals surface area (Å²) >= 11 is 5.94. The lowest BCUT2D eigenvalue weighted by atomic mass is 9.93. The van der Waals surface area contributed by atoms with E-state index in [4.69, 9.17) is 11.6 Å². The number of carboxylic acids is 1. The van der Waals surface area contributed by atoms with Gasteiger partial charge in [0.15, 0.2) is 0 Å². The van der Waals surface area contributed by atoms with Crippen LogP contribution in [-0.4, -0.2) is 27.1 Å². The molecule has 1 aromatic heterocycles. The molecule has 1 aromatic rings. The Labute approximate surface area is 123 Å². The number of carboxylic acid groups (broad SMARTS) is 1. The van der Waals surface area contributed by atoms with E-state index in [-0.39, 0.29) is 6.04 Å². The van der Waals surface area contributed by atoms with Crippen molar-refractivity contribution in [1.29, 1.82) is 0 Å². The lowest BCUT2D eigenvalue weighted by Crippen LogP contribution is -2.54. The number of hydrogen-bond donors (Lipinski definition) is 2. The van der Waals surface area contributed by atoms with E-state index in [1.807, 2.05) is 13.8 Å². The topological polar surface area (TPSA) is 71.3 Å². The van der Waals surface area contributed by atoms with Crippen molar-refractivity contribution in [3.63, 3.8) is 0 Å². The Morgan fingerprint density at radius 1 is 1.40 bits per heavy atom. The molecule has 0 aliphatic carbocycles. The molecule has 6 heteroatoms. The molecule has 0 radical (unpaired) electrons. The van der Waals surface area contributed by atoms with E-state index in [2.05, 4.69) is 5.32 Å². The number of rotatable bonds is 6. The maximum absolute atomic E-state index is 12.4. The van der Waals surface area contributed by atoms with Gasteiger partial charge in [0.25, 0.3) is 5.91 Å². The number of hydrogen-bond acceptors (Lipinski definition) is 2. The van der Waals surface area contributed by atoms with Crippen molar-refractivity contribution >= 4 is 23.5 Å². The third kappa shape index (κ3) is 3.15. The van der Waals surface area contributed by atoms with Gasteiger partial charge in [0.1, 0.15) is 11.2 Å². The first-order valence-corrected chi connectivity index (χ1v) is 7.08. The van der Waals surface area contributed by atoms with Crippen LogP contribution >= 0.6 is 11.6 Å². The predicted molar refractivity (Wildman–Crippen MR) is 78.2 cm³/mol. The van der Waals surface area contributed by atoms with Gasteiger partial charge in [-0.2, -0.15) is 0 Å². The zero-order valence-corrected chi connectivity index (χ0v) is 13.0. The second kappa shape index (κ2) is 6.31. The second-order valence-electron chi connectivity index (χ2n) is 5.09. The summed E-state index contributed by atoms with van der Waals surface area (Å²) in [6.45, 7) is 7.34. The van der Waals surface area contributed by atoms with Crippen LogP contribution in [0.2, 0.25) is 5.02 Å². The normalized spacial score (nSPS) is 11.7. The molecule has 0 aliphatic rings. The minimum atomic E-state index is -1.24. The molecule has 1 amide bonds. The summed E-state index contributed by atoms with van der Waals surface area (Å²) in [4.78, 5) is 23.8. The number of halogens is 1. The molecule has 1 rings (SSSR count). The zero-order valence-electron chi connectivity index (χ0n) is 12.2. The highest BCUT2D eigenvalue weighted by Crippen LogP contribution is 2.21. The summed E-state index contributed by atoms with van der Waals surface area (Å²) in [5, 5.41) is 12.4. The lowest BCUT2D eigenvalue weighted by Gasteiger charge is -2.28. The average Bonchev–Trinajstić information content (AvgIpc) is 2.78. The quantitative estimate of drug-likeness (QED) is 0.848. The first kappa shape index (κ1) is 16.6. The van der Waals surface area contributed by atoms with Crippen LogP contribution in [0.25, 0.3) is 0 Å². The summed E-state index contributed by atoms with van der Waals surface area (Å²) in [6.07, 6.45) is 2.31. The number of amides is 1. The molecule has 0 saturated carbocycles. The Morgan fingerprint density at radius 3 is 2.35 bits per heavy atom. The minimum absolute atomic E-state index is 0.0609. The molecule has 0 saturated heterocycles. The summed E-state index contributed by atoms with van der Waals surface area (Å²) in [5.74, 6) is -1.44. The predicted octanol–water partition coefficient (Wildman–Crippen LogP) is 3.10. The fourth-order valence-electron chi connectivity index (χ4n) is 2.12. The van der Waals surface area contributed by atoms with Gasteiger partial charge < -0.3 is 15.0 Å². The van der Waals surface area contributed by atoms with E-state index in [1.54, 1.807) is 30.7 Å². The lowest BCUT2D eigenvalue weighted by molar-refractivity contribution is -0.144. The first-order valence-electron chi connectivity index (χ1n) is 6.70. The molecule has 1 heterocycles. The van der Waals surface area contributed by atoms with Crippen LogP contribution in [0.3, 0.4) is 0 Å². The Morgan fingerprint density at radius 2 is 1.95 bits per heavy atom. The Balaban J connectivity index is 3.10. The number of carbonyl (C=O) groups excluding carboxylic acids is 1. The molecule has 0 unspecified atom stereocenters. The van der Waals surface area contributed by atoms with E-state index in [0.29, 0.717) is 23.6 Å². The highest BCUT2D eigenvalue weighted by molar-refractivity contribution is 6.31. The molecule has 0 aliphatic heterocycles. The van der Waals surface area contributed by atoms with Gasteiger partial charge in [-0.25, -0.2) is 4.79 Å². The molecule has 5 nitrogen and oxygen atoms in total. The van der Waals surface area contributed by atoms with E-state index in [0.717, 1.165) is 0 Å². The van der Waals surface area contributed by atoms with E-state index >= 15 is 0 Å². The minimum Gasteiger partial charge on any atom is -0.480 e. The molecule has 2 N–H and O–H groups in total. The van der Waals surface area contributed by atoms with Gasteiger partial charge >= 0.3 is 5.97 Å². The van der Waals surface area contributed by atoms with Crippen LogP contribution < -0.4 is 5.32 Å². The first-order chi connectivity index (χ1) is 9.27. The monoisotopic (exact) mass is 300 g/mol. The standard InChI is InChI=1S/C14H21ClN2O3/c1-5-14(6-2,13(19)20)16-12(18)11-7-10(15)8-17(11)9(3)4/h7-9H,5-6H2,1-4H3,(H,16,18)(H,19,20). The Kier molecular flexibility index (Phi) is 5.22. The number of nitrogens with one attached hydrogen (secondary N) is 1. The smallest absolute Gasteiger partial charge is 0.329 e. The van der Waals surface area contributed by atoms with Gasteiger partial charge in [-0.1, -0.05) is 25.4 Å². The number of carbonyl (C=O) groups is 2. The maximum atomic E-state index is 12.4. The molecule has 0 fully saturated rings. The summed E-state index contributed by atoms with van der Waals surface area (Å²) in [6, 6.07) is 1.61. The third-order valence-corrected chi connectivity index (χ3v) is 3.78. The van der Waals surface area contributed by atoms with Crippen molar-refractivity contribution in [2.45, 2.75) is 52.1 Å². The zero-order chi connectivity index (χ0) is 15.5. The van der Waals surface area contributed by atoms with Crippen molar-refractivity contribution in [3.05, 3.63) is 23.0 Å². The van der Waals surface area contributed by atoms with Crippen LogP contribution in [0.4, 0.5) is 0 Å². The number of aliphatic carboxylic acids is 1. The van der Waals surface area contributed by atoms with Crippen molar-refractivity contribution in [2.75, 3.05) is 0 Å². The third-order valence-electron chi connectivity index (χ3n) is 3.57. The number of aromatic nitrogens is 1. The van der Waals surface area contributed by atoms with E-state index in [1.165, 1.54) is 0 Å². The van der Waals surface area contributed by atoms with Crippen molar-refractivity contribution in [3.8, 4) is 0 Å².